The van der Waals surface area contributed by atoms with Crippen molar-refractivity contribution < 1.29 is 4.74 Å². The van der Waals surface area contributed by atoms with Gasteiger partial charge in [-0.3, -0.25) is 0 Å². The summed E-state index contributed by atoms with van der Waals surface area (Å²) in [5.41, 5.74) is -0.509. The Morgan fingerprint density at radius 1 is 1.33 bits per heavy atom. The fourth-order valence-electron chi connectivity index (χ4n) is 1.26. The van der Waals surface area contributed by atoms with Crippen molar-refractivity contribution in [1.29, 1.82) is 5.26 Å². The summed E-state index contributed by atoms with van der Waals surface area (Å²) in [7, 11) is 0. The molecular formula is C10H19NO. The topological polar surface area (TPSA) is 33.0 Å². The number of nitrogens with zero attached hydrogens (tertiary/aromatic N) is 1. The van der Waals surface area contributed by atoms with Gasteiger partial charge in [-0.05, 0) is 26.2 Å². The lowest BCUT2D eigenvalue weighted by atomic mass is 9.95. The van der Waals surface area contributed by atoms with Gasteiger partial charge in [0.15, 0.2) is 5.60 Å². The second kappa shape index (κ2) is 6.02. The van der Waals surface area contributed by atoms with Crippen molar-refractivity contribution in [3.63, 3.8) is 0 Å². The Labute approximate surface area is 75.5 Å². The third-order valence-corrected chi connectivity index (χ3v) is 2.13. The molecule has 0 saturated carbocycles. The van der Waals surface area contributed by atoms with Crippen LogP contribution in [-0.2, 0) is 4.74 Å². The average molecular weight is 169 g/mol. The van der Waals surface area contributed by atoms with Crippen LogP contribution in [0.3, 0.4) is 0 Å². The molecule has 0 heterocycles. The highest BCUT2D eigenvalue weighted by molar-refractivity contribution is 5.00. The molecule has 0 aromatic carbocycles. The van der Waals surface area contributed by atoms with Crippen LogP contribution in [0.25, 0.3) is 0 Å². The molecule has 12 heavy (non-hydrogen) atoms. The fourth-order valence-corrected chi connectivity index (χ4v) is 1.26. The lowest BCUT2D eigenvalue weighted by Gasteiger charge is -2.24. The highest BCUT2D eigenvalue weighted by Crippen LogP contribution is 2.22. The highest BCUT2D eigenvalue weighted by Gasteiger charge is 2.27. The molecule has 0 radical (unpaired) electrons. The summed E-state index contributed by atoms with van der Waals surface area (Å²) in [5, 5.41) is 8.96. The maximum atomic E-state index is 8.96. The van der Waals surface area contributed by atoms with Crippen molar-refractivity contribution in [1.82, 2.24) is 0 Å². The zero-order chi connectivity index (χ0) is 9.45. The van der Waals surface area contributed by atoms with Crippen molar-refractivity contribution in [2.75, 3.05) is 6.61 Å². The van der Waals surface area contributed by atoms with Crippen LogP contribution in [0.1, 0.15) is 46.5 Å². The number of unbranched alkanes of at least 4 members (excludes halogenated alkanes) is 1. The summed E-state index contributed by atoms with van der Waals surface area (Å²) in [6.45, 7) is 6.71. The molecule has 0 fully saturated rings. The van der Waals surface area contributed by atoms with Crippen molar-refractivity contribution in [3.8, 4) is 6.07 Å². The maximum absolute atomic E-state index is 8.96. The van der Waals surface area contributed by atoms with E-state index in [-0.39, 0.29) is 0 Å². The van der Waals surface area contributed by atoms with Crippen LogP contribution in [0, 0.1) is 11.3 Å². The molecule has 0 spiro atoms. The minimum absolute atomic E-state index is 0.509. The molecule has 0 rings (SSSR count). The maximum Gasteiger partial charge on any atom is 0.153 e. The van der Waals surface area contributed by atoms with E-state index < -0.39 is 5.60 Å². The Morgan fingerprint density at radius 3 is 2.33 bits per heavy atom. The summed E-state index contributed by atoms with van der Waals surface area (Å²) >= 11 is 0. The van der Waals surface area contributed by atoms with Gasteiger partial charge in [0.05, 0.1) is 6.07 Å². The quantitative estimate of drug-likeness (QED) is 0.612. The lowest BCUT2D eigenvalue weighted by Crippen LogP contribution is -2.29. The number of rotatable bonds is 6. The van der Waals surface area contributed by atoms with Gasteiger partial charge < -0.3 is 4.74 Å². The van der Waals surface area contributed by atoms with Crippen LogP contribution in [0.2, 0.25) is 0 Å². The van der Waals surface area contributed by atoms with E-state index >= 15 is 0 Å². The number of ether oxygens (including phenoxy) is 1. The predicted octanol–water partition coefficient (Wildman–Crippen LogP) is 2.89. The van der Waals surface area contributed by atoms with Gasteiger partial charge in [-0.2, -0.15) is 5.26 Å². The van der Waals surface area contributed by atoms with Crippen molar-refractivity contribution in [2.45, 2.75) is 52.1 Å². The lowest BCUT2D eigenvalue weighted by molar-refractivity contribution is -0.00518. The van der Waals surface area contributed by atoms with Crippen LogP contribution < -0.4 is 0 Å². The van der Waals surface area contributed by atoms with E-state index in [1.807, 2.05) is 13.8 Å². The van der Waals surface area contributed by atoms with Gasteiger partial charge in [0.2, 0.25) is 0 Å². The van der Waals surface area contributed by atoms with Gasteiger partial charge in [-0.15, -0.1) is 0 Å². The van der Waals surface area contributed by atoms with E-state index in [1.165, 1.54) is 0 Å². The van der Waals surface area contributed by atoms with Crippen LogP contribution in [0.15, 0.2) is 0 Å². The Bertz CT molecular complexity index is 150. The second-order valence-electron chi connectivity index (χ2n) is 3.00. The van der Waals surface area contributed by atoms with Gasteiger partial charge in [-0.25, -0.2) is 0 Å². The molecule has 1 atom stereocenters. The van der Waals surface area contributed by atoms with Gasteiger partial charge in [0, 0.05) is 6.61 Å². The molecule has 2 heteroatoms. The van der Waals surface area contributed by atoms with E-state index in [1.54, 1.807) is 0 Å². The molecule has 0 aliphatic heterocycles. The minimum Gasteiger partial charge on any atom is -0.360 e. The summed E-state index contributed by atoms with van der Waals surface area (Å²) in [4.78, 5) is 0. The second-order valence-corrected chi connectivity index (χ2v) is 3.00. The largest absolute Gasteiger partial charge is 0.360 e. The number of hydrogen-bond donors (Lipinski definition) is 0. The average Bonchev–Trinajstić information content (AvgIpc) is 2.13. The SMILES string of the molecule is CCCCC(C#N)(CC)OCC. The normalized spacial score (nSPS) is 15.2. The molecule has 0 aliphatic rings. The molecule has 1 unspecified atom stereocenters. The molecule has 0 bridgehead atoms. The Kier molecular flexibility index (Phi) is 5.74. The minimum atomic E-state index is -0.509. The van der Waals surface area contributed by atoms with E-state index in [9.17, 15) is 0 Å². The first-order chi connectivity index (χ1) is 5.74. The third kappa shape index (κ3) is 3.23. The van der Waals surface area contributed by atoms with Crippen LogP contribution >= 0.6 is 0 Å². The Morgan fingerprint density at radius 2 is 2.00 bits per heavy atom. The molecule has 2 nitrogen and oxygen atoms in total. The van der Waals surface area contributed by atoms with E-state index in [4.69, 9.17) is 10.00 Å². The standard InChI is InChI=1S/C10H19NO/c1-4-7-8-10(5-2,9-11)12-6-3/h4-8H2,1-3H3. The van der Waals surface area contributed by atoms with Gasteiger partial charge in [0.1, 0.15) is 0 Å². The van der Waals surface area contributed by atoms with Gasteiger partial charge >= 0.3 is 0 Å². The van der Waals surface area contributed by atoms with E-state index in [0.29, 0.717) is 6.61 Å². The summed E-state index contributed by atoms with van der Waals surface area (Å²) < 4.78 is 5.47. The molecule has 70 valence electrons. The van der Waals surface area contributed by atoms with E-state index in [2.05, 4.69) is 13.0 Å². The van der Waals surface area contributed by atoms with Gasteiger partial charge in [-0.1, -0.05) is 20.3 Å². The Balaban J connectivity index is 4.07. The molecular weight excluding hydrogens is 150 g/mol. The first-order valence-electron chi connectivity index (χ1n) is 4.79. The van der Waals surface area contributed by atoms with Crippen LogP contribution in [0.4, 0.5) is 0 Å². The first kappa shape index (κ1) is 11.4. The van der Waals surface area contributed by atoms with Crippen LogP contribution in [-0.4, -0.2) is 12.2 Å². The van der Waals surface area contributed by atoms with Crippen molar-refractivity contribution >= 4 is 0 Å². The first-order valence-corrected chi connectivity index (χ1v) is 4.79. The van der Waals surface area contributed by atoms with Crippen LogP contribution in [0.5, 0.6) is 0 Å². The third-order valence-electron chi connectivity index (χ3n) is 2.13. The monoisotopic (exact) mass is 169 g/mol. The number of nitriles is 1. The summed E-state index contributed by atoms with van der Waals surface area (Å²) in [6.07, 6.45) is 3.85. The smallest absolute Gasteiger partial charge is 0.153 e. The van der Waals surface area contributed by atoms with Crippen molar-refractivity contribution in [3.05, 3.63) is 0 Å². The molecule has 0 aliphatic carbocycles. The summed E-state index contributed by atoms with van der Waals surface area (Å²) in [6, 6.07) is 2.28. The molecule has 0 amide bonds. The molecule has 0 aromatic heterocycles. The predicted molar refractivity (Wildman–Crippen MR) is 49.8 cm³/mol. The summed E-state index contributed by atoms with van der Waals surface area (Å²) in [5.74, 6) is 0. The molecule has 0 saturated heterocycles. The highest BCUT2D eigenvalue weighted by atomic mass is 16.5. The zero-order valence-corrected chi connectivity index (χ0v) is 8.39. The van der Waals surface area contributed by atoms with Gasteiger partial charge in [0.25, 0.3) is 0 Å². The fraction of sp³-hybridized carbons (Fsp3) is 0.900. The number of hydrogen-bond acceptors (Lipinski definition) is 2. The van der Waals surface area contributed by atoms with Crippen molar-refractivity contribution in [2.24, 2.45) is 0 Å². The Hall–Kier alpha value is -0.550. The zero-order valence-electron chi connectivity index (χ0n) is 8.39. The molecule has 0 N–H and O–H groups in total. The van der Waals surface area contributed by atoms with E-state index in [0.717, 1.165) is 25.7 Å². The molecule has 0 aromatic rings.